The molecule has 2 rings (SSSR count). The van der Waals surface area contributed by atoms with E-state index in [4.69, 9.17) is 0 Å². The molecule has 1 aromatic heterocycles. The number of piperidine rings is 1. The molecule has 0 aliphatic carbocycles. The summed E-state index contributed by atoms with van der Waals surface area (Å²) in [5.74, 6) is 1.77. The van der Waals surface area contributed by atoms with Crippen molar-refractivity contribution < 1.29 is 0 Å². The molecule has 0 atom stereocenters. The lowest BCUT2D eigenvalue weighted by atomic mass is 9.94. The molecule has 19 heavy (non-hydrogen) atoms. The fourth-order valence-corrected chi connectivity index (χ4v) is 2.70. The molecule has 1 N–H and O–H groups in total. The van der Waals surface area contributed by atoms with E-state index in [-0.39, 0.29) is 0 Å². The molecule has 2 heterocycles. The molecule has 106 valence electrons. The number of nitrogens with zero attached hydrogens (tertiary/aromatic N) is 3. The normalized spacial score (nSPS) is 16.8. The van der Waals surface area contributed by atoms with Gasteiger partial charge in [-0.25, -0.2) is 9.97 Å². The maximum Gasteiger partial charge on any atom is 0.225 e. The number of anilines is 1. The highest BCUT2D eigenvalue weighted by molar-refractivity contribution is 5.30. The van der Waals surface area contributed by atoms with Crippen molar-refractivity contribution in [3.8, 4) is 0 Å². The summed E-state index contributed by atoms with van der Waals surface area (Å²) in [5, 5.41) is 3.24. The minimum absolute atomic E-state index is 0.864. The summed E-state index contributed by atoms with van der Waals surface area (Å²) in [7, 11) is 2.03. The average Bonchev–Trinajstić information content (AvgIpc) is 2.47. The summed E-state index contributed by atoms with van der Waals surface area (Å²) in [6.45, 7) is 5.51. The summed E-state index contributed by atoms with van der Waals surface area (Å²) in [5.41, 5.74) is 1.25. The molecule has 0 spiro atoms. The maximum absolute atomic E-state index is 4.51. The predicted molar refractivity (Wildman–Crippen MR) is 79.5 cm³/mol. The van der Waals surface area contributed by atoms with Gasteiger partial charge in [-0.05, 0) is 50.8 Å². The first-order chi connectivity index (χ1) is 9.33. The zero-order valence-corrected chi connectivity index (χ0v) is 12.2. The zero-order chi connectivity index (χ0) is 13.5. The predicted octanol–water partition coefficient (Wildman–Crippen LogP) is 2.25. The number of aryl methyl sites for hydroxylation is 1. The van der Waals surface area contributed by atoms with Crippen molar-refractivity contribution in [3.05, 3.63) is 18.0 Å². The monoisotopic (exact) mass is 262 g/mol. The van der Waals surface area contributed by atoms with Crippen molar-refractivity contribution in [2.45, 2.75) is 39.0 Å². The van der Waals surface area contributed by atoms with E-state index in [1.165, 1.54) is 24.8 Å². The van der Waals surface area contributed by atoms with Crippen molar-refractivity contribution >= 4 is 5.95 Å². The minimum Gasteiger partial charge on any atom is -0.341 e. The minimum atomic E-state index is 0.864. The van der Waals surface area contributed by atoms with Crippen molar-refractivity contribution in [1.82, 2.24) is 15.3 Å². The maximum atomic E-state index is 4.51. The fourth-order valence-electron chi connectivity index (χ4n) is 2.70. The van der Waals surface area contributed by atoms with E-state index >= 15 is 0 Å². The highest BCUT2D eigenvalue weighted by Crippen LogP contribution is 2.22. The van der Waals surface area contributed by atoms with Gasteiger partial charge in [-0.3, -0.25) is 0 Å². The van der Waals surface area contributed by atoms with E-state index in [1.54, 1.807) is 0 Å². The summed E-state index contributed by atoms with van der Waals surface area (Å²) < 4.78 is 0. The number of aromatic nitrogens is 2. The van der Waals surface area contributed by atoms with Crippen LogP contribution < -0.4 is 10.2 Å². The second-order valence-corrected chi connectivity index (χ2v) is 5.46. The van der Waals surface area contributed by atoms with Crippen LogP contribution >= 0.6 is 0 Å². The van der Waals surface area contributed by atoms with Gasteiger partial charge in [-0.2, -0.15) is 0 Å². The first kappa shape index (κ1) is 14.3. The molecule has 4 nitrogen and oxygen atoms in total. The lowest BCUT2D eigenvalue weighted by Gasteiger charge is -2.32. The standard InChI is InChI=1S/C15H26N4/c1-3-4-14-11-17-15(18-12-14)19-9-6-13(7-10-19)5-8-16-2/h11-13,16H,3-10H2,1-2H3. The third-order valence-electron chi connectivity index (χ3n) is 3.93. The van der Waals surface area contributed by atoms with Gasteiger partial charge in [0.2, 0.25) is 5.95 Å². The van der Waals surface area contributed by atoms with Gasteiger partial charge in [0.15, 0.2) is 0 Å². The van der Waals surface area contributed by atoms with Crippen LogP contribution in [0, 0.1) is 5.92 Å². The van der Waals surface area contributed by atoms with E-state index in [9.17, 15) is 0 Å². The van der Waals surface area contributed by atoms with Crippen LogP contribution in [-0.2, 0) is 6.42 Å². The topological polar surface area (TPSA) is 41.1 Å². The molecule has 1 fully saturated rings. The summed E-state index contributed by atoms with van der Waals surface area (Å²) in [4.78, 5) is 11.3. The third-order valence-corrected chi connectivity index (χ3v) is 3.93. The van der Waals surface area contributed by atoms with Gasteiger partial charge < -0.3 is 10.2 Å². The average molecular weight is 262 g/mol. The first-order valence-corrected chi connectivity index (χ1v) is 7.54. The van der Waals surface area contributed by atoms with Crippen LogP contribution in [0.5, 0.6) is 0 Å². The van der Waals surface area contributed by atoms with Crippen molar-refractivity contribution in [2.24, 2.45) is 5.92 Å². The van der Waals surface area contributed by atoms with Gasteiger partial charge in [-0.15, -0.1) is 0 Å². The largest absolute Gasteiger partial charge is 0.341 e. The highest BCUT2D eigenvalue weighted by Gasteiger charge is 2.20. The smallest absolute Gasteiger partial charge is 0.225 e. The lowest BCUT2D eigenvalue weighted by molar-refractivity contribution is 0.375. The molecular weight excluding hydrogens is 236 g/mol. The van der Waals surface area contributed by atoms with Gasteiger partial charge >= 0.3 is 0 Å². The van der Waals surface area contributed by atoms with Crippen LogP contribution in [0.15, 0.2) is 12.4 Å². The Balaban J connectivity index is 1.83. The van der Waals surface area contributed by atoms with E-state index in [1.807, 2.05) is 19.4 Å². The number of rotatable bonds is 6. The highest BCUT2D eigenvalue weighted by atomic mass is 15.2. The quantitative estimate of drug-likeness (QED) is 0.854. The van der Waals surface area contributed by atoms with Crippen LogP contribution in [0.4, 0.5) is 5.95 Å². The number of hydrogen-bond acceptors (Lipinski definition) is 4. The van der Waals surface area contributed by atoms with Crippen LogP contribution in [0.3, 0.4) is 0 Å². The van der Waals surface area contributed by atoms with Crippen molar-refractivity contribution in [1.29, 1.82) is 0 Å². The van der Waals surface area contributed by atoms with Crippen molar-refractivity contribution in [3.63, 3.8) is 0 Å². The lowest BCUT2D eigenvalue weighted by Crippen LogP contribution is -2.35. The summed E-state index contributed by atoms with van der Waals surface area (Å²) >= 11 is 0. The summed E-state index contributed by atoms with van der Waals surface area (Å²) in [6, 6.07) is 0. The van der Waals surface area contributed by atoms with Crippen LogP contribution in [0.1, 0.15) is 38.2 Å². The van der Waals surface area contributed by atoms with E-state index in [0.717, 1.165) is 44.3 Å². The molecule has 4 heteroatoms. The number of hydrogen-bond donors (Lipinski definition) is 1. The van der Waals surface area contributed by atoms with Crippen LogP contribution in [-0.4, -0.2) is 36.6 Å². The Bertz CT molecular complexity index is 355. The molecule has 0 unspecified atom stereocenters. The second-order valence-electron chi connectivity index (χ2n) is 5.46. The molecule has 0 saturated carbocycles. The Morgan fingerprint density at radius 3 is 2.53 bits per heavy atom. The van der Waals surface area contributed by atoms with Gasteiger partial charge in [0.1, 0.15) is 0 Å². The second kappa shape index (κ2) is 7.43. The SMILES string of the molecule is CCCc1cnc(N2CCC(CCNC)CC2)nc1. The molecule has 1 aliphatic heterocycles. The molecule has 0 radical (unpaired) electrons. The first-order valence-electron chi connectivity index (χ1n) is 7.54. The Hall–Kier alpha value is -1.16. The molecule has 0 amide bonds. The Morgan fingerprint density at radius 1 is 1.26 bits per heavy atom. The van der Waals surface area contributed by atoms with Crippen molar-refractivity contribution in [2.75, 3.05) is 31.6 Å². The Morgan fingerprint density at radius 2 is 1.95 bits per heavy atom. The van der Waals surface area contributed by atoms with E-state index < -0.39 is 0 Å². The molecule has 1 aliphatic rings. The van der Waals surface area contributed by atoms with Gasteiger partial charge in [-0.1, -0.05) is 13.3 Å². The zero-order valence-electron chi connectivity index (χ0n) is 12.2. The van der Waals surface area contributed by atoms with Gasteiger partial charge in [0, 0.05) is 25.5 Å². The van der Waals surface area contributed by atoms with Gasteiger partial charge in [0.25, 0.3) is 0 Å². The van der Waals surface area contributed by atoms with Crippen LogP contribution in [0.2, 0.25) is 0 Å². The van der Waals surface area contributed by atoms with Gasteiger partial charge in [0.05, 0.1) is 0 Å². The molecule has 1 aromatic rings. The van der Waals surface area contributed by atoms with E-state index in [0.29, 0.717) is 0 Å². The Labute approximate surface area is 116 Å². The number of nitrogens with one attached hydrogen (secondary N) is 1. The molecule has 1 saturated heterocycles. The molecule has 0 bridgehead atoms. The molecular formula is C15H26N4. The summed E-state index contributed by atoms with van der Waals surface area (Å²) in [6.07, 6.45) is 10.0. The Kier molecular flexibility index (Phi) is 5.58. The van der Waals surface area contributed by atoms with E-state index in [2.05, 4.69) is 27.1 Å². The van der Waals surface area contributed by atoms with Crippen LogP contribution in [0.25, 0.3) is 0 Å². The fraction of sp³-hybridized carbons (Fsp3) is 0.733. The third kappa shape index (κ3) is 4.16. The molecule has 0 aromatic carbocycles.